The molecule has 0 saturated heterocycles. The number of rotatable bonds is 1. The minimum Gasteiger partial charge on any atom is -0.311 e. The molecule has 2 rings (SSSR count). The fraction of sp³-hybridized carbons (Fsp3) is 0.500. The predicted molar refractivity (Wildman–Crippen MR) is 73.9 cm³/mol. The molecule has 0 aromatic heterocycles. The maximum absolute atomic E-state index is 11.6. The predicted octanol–water partition coefficient (Wildman–Crippen LogP) is 3.54. The molecule has 0 spiro atoms. The summed E-state index contributed by atoms with van der Waals surface area (Å²) in [5, 5.41) is 0. The van der Waals surface area contributed by atoms with Crippen molar-refractivity contribution in [1.29, 1.82) is 0 Å². The molecule has 1 aromatic carbocycles. The highest BCUT2D eigenvalue weighted by Crippen LogP contribution is 2.28. The lowest BCUT2D eigenvalue weighted by Gasteiger charge is -2.29. The first kappa shape index (κ1) is 14.0. The van der Waals surface area contributed by atoms with E-state index < -0.39 is 0 Å². The molecule has 94 valence electrons. The van der Waals surface area contributed by atoms with Crippen molar-refractivity contribution in [3.8, 4) is 0 Å². The molecule has 1 aromatic rings. The number of fused-ring (bicyclic) bond motifs is 1. The maximum Gasteiger partial charge on any atom is 0.241 e. The molecule has 1 aliphatic rings. The molecule has 0 bridgehead atoms. The van der Waals surface area contributed by atoms with E-state index in [0.29, 0.717) is 0 Å². The van der Waals surface area contributed by atoms with Crippen LogP contribution in [-0.2, 0) is 11.2 Å². The van der Waals surface area contributed by atoms with Crippen LogP contribution in [0.2, 0.25) is 0 Å². The number of carbonyl (C=O) groups excluding carboxylic acids is 1. The lowest BCUT2D eigenvalue weighted by atomic mass is 10.00. The smallest absolute Gasteiger partial charge is 0.241 e. The second-order valence-electron chi connectivity index (χ2n) is 3.91. The molecule has 17 heavy (non-hydrogen) atoms. The Hall–Kier alpha value is -1.02. The fourth-order valence-corrected chi connectivity index (χ4v) is 2.20. The Balaban J connectivity index is 0.000000686. The number of amides is 1. The van der Waals surface area contributed by atoms with Gasteiger partial charge in [0.15, 0.2) is 0 Å². The van der Waals surface area contributed by atoms with Gasteiger partial charge in [0.25, 0.3) is 0 Å². The summed E-state index contributed by atoms with van der Waals surface area (Å²) in [6.07, 6.45) is 2.09. The van der Waals surface area contributed by atoms with Crippen LogP contribution in [0.4, 0.5) is 5.69 Å². The third-order valence-corrected chi connectivity index (χ3v) is 3.00. The second-order valence-corrected chi connectivity index (χ2v) is 4.18. The van der Waals surface area contributed by atoms with Gasteiger partial charge in [0.2, 0.25) is 5.91 Å². The van der Waals surface area contributed by atoms with E-state index in [1.165, 1.54) is 11.1 Å². The average molecular weight is 254 g/mol. The van der Waals surface area contributed by atoms with Crippen LogP contribution in [0.15, 0.2) is 18.2 Å². The summed E-state index contributed by atoms with van der Waals surface area (Å²) in [4.78, 5) is 13.4. The zero-order chi connectivity index (χ0) is 12.8. The van der Waals surface area contributed by atoms with Gasteiger partial charge >= 0.3 is 0 Å². The number of benzene rings is 1. The van der Waals surface area contributed by atoms with E-state index in [4.69, 9.17) is 11.6 Å². The standard InChI is InChI=1S/C12H14ClNO.C2H6/c1-9-4-5-11-10(7-9)3-2-6-14(11)12(15)8-13;1-2/h4-5,7H,2-3,6,8H2,1H3;1-2H3. The molecule has 1 heterocycles. The number of aryl methyl sites for hydroxylation is 2. The van der Waals surface area contributed by atoms with E-state index in [1.807, 2.05) is 26.0 Å². The first-order valence-corrected chi connectivity index (χ1v) is 6.71. The van der Waals surface area contributed by atoms with Gasteiger partial charge in [0, 0.05) is 12.2 Å². The number of alkyl halides is 1. The zero-order valence-corrected chi connectivity index (χ0v) is 11.5. The monoisotopic (exact) mass is 253 g/mol. The highest BCUT2D eigenvalue weighted by atomic mass is 35.5. The van der Waals surface area contributed by atoms with Gasteiger partial charge in [-0.05, 0) is 31.4 Å². The van der Waals surface area contributed by atoms with Crippen LogP contribution in [0.3, 0.4) is 0 Å². The summed E-state index contributed by atoms with van der Waals surface area (Å²) >= 11 is 5.59. The van der Waals surface area contributed by atoms with E-state index in [2.05, 4.69) is 13.0 Å². The summed E-state index contributed by atoms with van der Waals surface area (Å²) in [6.45, 7) is 6.87. The summed E-state index contributed by atoms with van der Waals surface area (Å²) in [5.41, 5.74) is 3.55. The molecule has 0 N–H and O–H groups in total. The van der Waals surface area contributed by atoms with Crippen LogP contribution in [0.5, 0.6) is 0 Å². The zero-order valence-electron chi connectivity index (χ0n) is 10.8. The van der Waals surface area contributed by atoms with Crippen molar-refractivity contribution in [3.63, 3.8) is 0 Å². The number of hydrogen-bond acceptors (Lipinski definition) is 1. The lowest BCUT2D eigenvalue weighted by molar-refractivity contribution is -0.116. The van der Waals surface area contributed by atoms with Crippen LogP contribution >= 0.6 is 11.6 Å². The van der Waals surface area contributed by atoms with Gasteiger partial charge in [0.05, 0.1) is 0 Å². The van der Waals surface area contributed by atoms with Gasteiger partial charge in [-0.25, -0.2) is 0 Å². The van der Waals surface area contributed by atoms with Crippen LogP contribution in [0.1, 0.15) is 31.4 Å². The topological polar surface area (TPSA) is 20.3 Å². The van der Waals surface area contributed by atoms with E-state index in [9.17, 15) is 4.79 Å². The molecule has 0 radical (unpaired) electrons. The Morgan fingerprint density at radius 3 is 2.76 bits per heavy atom. The van der Waals surface area contributed by atoms with E-state index in [-0.39, 0.29) is 11.8 Å². The Kier molecular flexibility index (Phi) is 5.49. The molecular formula is C14H20ClNO. The molecule has 1 amide bonds. The molecule has 2 nitrogen and oxygen atoms in total. The van der Waals surface area contributed by atoms with Gasteiger partial charge < -0.3 is 4.90 Å². The van der Waals surface area contributed by atoms with Crippen molar-refractivity contribution in [2.75, 3.05) is 17.3 Å². The summed E-state index contributed by atoms with van der Waals surface area (Å²) in [7, 11) is 0. The number of carbonyl (C=O) groups is 1. The third-order valence-electron chi connectivity index (χ3n) is 2.77. The van der Waals surface area contributed by atoms with Crippen molar-refractivity contribution in [3.05, 3.63) is 29.3 Å². The number of anilines is 1. The van der Waals surface area contributed by atoms with Gasteiger partial charge in [0.1, 0.15) is 5.88 Å². The van der Waals surface area contributed by atoms with E-state index in [0.717, 1.165) is 25.1 Å². The highest BCUT2D eigenvalue weighted by Gasteiger charge is 2.21. The molecule has 0 fully saturated rings. The molecule has 0 atom stereocenters. The Labute approximate surface area is 109 Å². The Morgan fingerprint density at radius 1 is 1.41 bits per heavy atom. The average Bonchev–Trinajstić information content (AvgIpc) is 2.39. The van der Waals surface area contributed by atoms with Crippen LogP contribution < -0.4 is 4.90 Å². The van der Waals surface area contributed by atoms with Gasteiger partial charge in [-0.3, -0.25) is 4.79 Å². The van der Waals surface area contributed by atoms with E-state index in [1.54, 1.807) is 4.90 Å². The molecule has 1 aliphatic heterocycles. The molecule has 3 heteroatoms. The quantitative estimate of drug-likeness (QED) is 0.701. The highest BCUT2D eigenvalue weighted by molar-refractivity contribution is 6.29. The summed E-state index contributed by atoms with van der Waals surface area (Å²) in [6, 6.07) is 6.22. The van der Waals surface area contributed by atoms with Crippen molar-refractivity contribution in [2.45, 2.75) is 33.6 Å². The van der Waals surface area contributed by atoms with Crippen LogP contribution in [-0.4, -0.2) is 18.3 Å². The van der Waals surface area contributed by atoms with Crippen molar-refractivity contribution >= 4 is 23.2 Å². The third kappa shape index (κ3) is 3.22. The van der Waals surface area contributed by atoms with Gasteiger partial charge in [-0.1, -0.05) is 31.5 Å². The molecule has 0 aliphatic carbocycles. The van der Waals surface area contributed by atoms with E-state index >= 15 is 0 Å². The van der Waals surface area contributed by atoms with Crippen molar-refractivity contribution in [2.24, 2.45) is 0 Å². The van der Waals surface area contributed by atoms with Crippen molar-refractivity contribution in [1.82, 2.24) is 0 Å². The molecule has 0 unspecified atom stereocenters. The minimum absolute atomic E-state index is 0.00136. The van der Waals surface area contributed by atoms with Crippen LogP contribution in [0, 0.1) is 6.92 Å². The Morgan fingerprint density at radius 2 is 2.12 bits per heavy atom. The largest absolute Gasteiger partial charge is 0.311 e. The first-order chi connectivity index (χ1) is 8.22. The van der Waals surface area contributed by atoms with Crippen molar-refractivity contribution < 1.29 is 4.79 Å². The lowest BCUT2D eigenvalue weighted by Crippen LogP contribution is -2.36. The number of nitrogens with zero attached hydrogens (tertiary/aromatic N) is 1. The summed E-state index contributed by atoms with van der Waals surface area (Å²) < 4.78 is 0. The van der Waals surface area contributed by atoms with Gasteiger partial charge in [-0.15, -0.1) is 11.6 Å². The maximum atomic E-state index is 11.6. The number of hydrogen-bond donors (Lipinski definition) is 0. The number of halogens is 1. The molecule has 0 saturated carbocycles. The van der Waals surface area contributed by atoms with Crippen LogP contribution in [0.25, 0.3) is 0 Å². The Bertz CT molecular complexity index is 390. The minimum atomic E-state index is 0.00136. The first-order valence-electron chi connectivity index (χ1n) is 6.18. The van der Waals surface area contributed by atoms with Gasteiger partial charge in [-0.2, -0.15) is 0 Å². The fourth-order valence-electron chi connectivity index (χ4n) is 2.06. The second kappa shape index (κ2) is 6.65. The summed E-state index contributed by atoms with van der Waals surface area (Å²) in [5.74, 6) is 0.0642. The SMILES string of the molecule is CC.Cc1ccc2c(c1)CCCN2C(=O)CCl. The normalized spacial score (nSPS) is 13.5. The molecular weight excluding hydrogens is 234 g/mol.